The molecule has 0 aromatic rings. The Kier molecular flexibility index (Phi) is 5.78. The van der Waals surface area contributed by atoms with Crippen LogP contribution < -0.4 is 5.32 Å². The Morgan fingerprint density at radius 2 is 1.73 bits per heavy atom. The number of likely N-dealkylation sites (tertiary alicyclic amines) is 1. The Labute approximate surface area is 136 Å². The van der Waals surface area contributed by atoms with Gasteiger partial charge in [0.15, 0.2) is 0 Å². The molecule has 3 nitrogen and oxygen atoms in total. The van der Waals surface area contributed by atoms with Crippen molar-refractivity contribution in [3.8, 4) is 0 Å². The number of rotatable bonds is 6. The quantitative estimate of drug-likeness (QED) is 0.813. The van der Waals surface area contributed by atoms with Crippen molar-refractivity contribution in [2.24, 2.45) is 17.8 Å². The van der Waals surface area contributed by atoms with Gasteiger partial charge in [-0.15, -0.1) is 0 Å². The third-order valence-corrected chi connectivity index (χ3v) is 6.19. The highest BCUT2D eigenvalue weighted by atomic mass is 16.2. The molecule has 0 aromatic heterocycles. The zero-order valence-electron chi connectivity index (χ0n) is 14.4. The molecule has 0 aromatic carbocycles. The van der Waals surface area contributed by atoms with E-state index in [1.165, 1.54) is 51.5 Å². The number of nitrogens with zero attached hydrogens (tertiary/aromatic N) is 1. The molecule has 3 fully saturated rings. The Balaban J connectivity index is 1.35. The van der Waals surface area contributed by atoms with Gasteiger partial charge in [-0.2, -0.15) is 0 Å². The number of amides is 1. The molecular weight excluding hydrogens is 272 g/mol. The summed E-state index contributed by atoms with van der Waals surface area (Å²) in [6.45, 7) is 5.45. The number of nitrogens with one attached hydrogen (secondary N) is 1. The van der Waals surface area contributed by atoms with Crippen molar-refractivity contribution in [2.45, 2.75) is 77.2 Å². The van der Waals surface area contributed by atoms with Gasteiger partial charge in [-0.1, -0.05) is 39.0 Å². The van der Waals surface area contributed by atoms with E-state index in [2.05, 4.69) is 17.1 Å². The van der Waals surface area contributed by atoms with E-state index < -0.39 is 0 Å². The van der Waals surface area contributed by atoms with Gasteiger partial charge in [0.05, 0.1) is 0 Å². The van der Waals surface area contributed by atoms with Crippen LogP contribution in [0.4, 0.5) is 0 Å². The first-order chi connectivity index (χ1) is 10.7. The van der Waals surface area contributed by atoms with Gasteiger partial charge in [-0.25, -0.2) is 0 Å². The molecule has 3 rings (SSSR count). The van der Waals surface area contributed by atoms with Gasteiger partial charge in [-0.05, 0) is 50.0 Å². The lowest BCUT2D eigenvalue weighted by atomic mass is 9.79. The summed E-state index contributed by atoms with van der Waals surface area (Å²) in [5.74, 6) is 2.75. The fourth-order valence-electron chi connectivity index (χ4n) is 4.26. The lowest BCUT2D eigenvalue weighted by molar-refractivity contribution is -0.133. The summed E-state index contributed by atoms with van der Waals surface area (Å²) in [5.41, 5.74) is 0. The highest BCUT2D eigenvalue weighted by Crippen LogP contribution is 2.32. The normalized spacial score (nSPS) is 26.1. The molecule has 1 saturated heterocycles. The second kappa shape index (κ2) is 7.81. The standard InChI is InChI=1S/C19H34N2O/c1-15(17-5-3-2-4-6-17)13-19(22)21-11-9-18(10-12-21)20-14-16-7-8-16/h15-18,20H,2-14H2,1H3. The predicted octanol–water partition coefficient (Wildman–Crippen LogP) is 3.58. The van der Waals surface area contributed by atoms with Crippen LogP contribution in [0, 0.1) is 17.8 Å². The zero-order chi connectivity index (χ0) is 15.4. The van der Waals surface area contributed by atoms with Crippen molar-refractivity contribution < 1.29 is 4.79 Å². The molecule has 126 valence electrons. The number of hydrogen-bond acceptors (Lipinski definition) is 2. The summed E-state index contributed by atoms with van der Waals surface area (Å²) in [6, 6.07) is 0.653. The van der Waals surface area contributed by atoms with Crippen LogP contribution in [0.2, 0.25) is 0 Å². The average molecular weight is 306 g/mol. The van der Waals surface area contributed by atoms with Gasteiger partial charge in [0.25, 0.3) is 0 Å². The van der Waals surface area contributed by atoms with Crippen LogP contribution in [-0.4, -0.2) is 36.5 Å². The van der Waals surface area contributed by atoms with Gasteiger partial charge in [0.1, 0.15) is 0 Å². The van der Waals surface area contributed by atoms with Gasteiger partial charge < -0.3 is 10.2 Å². The third-order valence-electron chi connectivity index (χ3n) is 6.19. The Bertz CT molecular complexity index is 352. The average Bonchev–Trinajstić information content (AvgIpc) is 3.38. The van der Waals surface area contributed by atoms with Crippen molar-refractivity contribution in [2.75, 3.05) is 19.6 Å². The molecule has 1 unspecified atom stereocenters. The molecule has 0 bridgehead atoms. The second-order valence-corrected chi connectivity index (χ2v) is 8.09. The SMILES string of the molecule is CC(CC(=O)N1CCC(NCC2CC2)CC1)C1CCCCC1. The Morgan fingerprint density at radius 1 is 1.05 bits per heavy atom. The van der Waals surface area contributed by atoms with Crippen molar-refractivity contribution in [3.05, 3.63) is 0 Å². The summed E-state index contributed by atoms with van der Waals surface area (Å²) in [7, 11) is 0. The van der Waals surface area contributed by atoms with E-state index in [1.54, 1.807) is 0 Å². The van der Waals surface area contributed by atoms with E-state index >= 15 is 0 Å². The molecule has 1 heterocycles. The summed E-state index contributed by atoms with van der Waals surface area (Å²) < 4.78 is 0. The molecule has 2 aliphatic carbocycles. The molecule has 2 saturated carbocycles. The van der Waals surface area contributed by atoms with Crippen LogP contribution in [-0.2, 0) is 4.79 Å². The number of carbonyl (C=O) groups is 1. The Morgan fingerprint density at radius 3 is 2.36 bits per heavy atom. The van der Waals surface area contributed by atoms with Gasteiger partial charge in [-0.3, -0.25) is 4.79 Å². The highest BCUT2D eigenvalue weighted by Gasteiger charge is 2.28. The highest BCUT2D eigenvalue weighted by molar-refractivity contribution is 5.76. The zero-order valence-corrected chi connectivity index (χ0v) is 14.4. The van der Waals surface area contributed by atoms with Crippen LogP contribution in [0.1, 0.15) is 71.1 Å². The lowest BCUT2D eigenvalue weighted by Gasteiger charge is -2.34. The van der Waals surface area contributed by atoms with Crippen LogP contribution in [0.25, 0.3) is 0 Å². The maximum Gasteiger partial charge on any atom is 0.222 e. The van der Waals surface area contributed by atoms with E-state index in [0.717, 1.165) is 44.2 Å². The number of carbonyl (C=O) groups excluding carboxylic acids is 1. The van der Waals surface area contributed by atoms with Crippen LogP contribution in [0.3, 0.4) is 0 Å². The maximum atomic E-state index is 12.5. The fourth-order valence-corrected chi connectivity index (χ4v) is 4.26. The minimum atomic E-state index is 0.415. The molecule has 3 heteroatoms. The van der Waals surface area contributed by atoms with Crippen molar-refractivity contribution in [3.63, 3.8) is 0 Å². The smallest absolute Gasteiger partial charge is 0.222 e. The van der Waals surface area contributed by atoms with Crippen molar-refractivity contribution in [1.29, 1.82) is 0 Å². The van der Waals surface area contributed by atoms with E-state index in [1.807, 2.05) is 0 Å². The first-order valence-corrected chi connectivity index (χ1v) is 9.73. The minimum absolute atomic E-state index is 0.415. The molecule has 1 N–H and O–H groups in total. The maximum absolute atomic E-state index is 12.5. The molecule has 1 atom stereocenters. The molecule has 22 heavy (non-hydrogen) atoms. The van der Waals surface area contributed by atoms with Crippen molar-refractivity contribution >= 4 is 5.91 Å². The second-order valence-electron chi connectivity index (χ2n) is 8.09. The van der Waals surface area contributed by atoms with Crippen LogP contribution in [0.5, 0.6) is 0 Å². The van der Waals surface area contributed by atoms with E-state index in [-0.39, 0.29) is 0 Å². The van der Waals surface area contributed by atoms with E-state index in [4.69, 9.17) is 0 Å². The van der Waals surface area contributed by atoms with E-state index in [0.29, 0.717) is 17.9 Å². The molecule has 0 radical (unpaired) electrons. The molecule has 3 aliphatic rings. The van der Waals surface area contributed by atoms with Gasteiger partial charge in [0, 0.05) is 25.6 Å². The lowest BCUT2D eigenvalue weighted by Crippen LogP contribution is -2.45. The summed E-state index contributed by atoms with van der Waals surface area (Å²) in [5, 5.41) is 3.70. The first-order valence-electron chi connectivity index (χ1n) is 9.73. The molecule has 0 spiro atoms. The van der Waals surface area contributed by atoms with E-state index in [9.17, 15) is 4.79 Å². The molecular formula is C19H34N2O. The predicted molar refractivity (Wildman–Crippen MR) is 90.7 cm³/mol. The molecule has 1 aliphatic heterocycles. The Hall–Kier alpha value is -0.570. The number of hydrogen-bond donors (Lipinski definition) is 1. The monoisotopic (exact) mass is 306 g/mol. The van der Waals surface area contributed by atoms with Crippen LogP contribution in [0.15, 0.2) is 0 Å². The largest absolute Gasteiger partial charge is 0.343 e. The summed E-state index contributed by atoms with van der Waals surface area (Å²) in [6.07, 6.45) is 12.8. The topological polar surface area (TPSA) is 32.3 Å². The summed E-state index contributed by atoms with van der Waals surface area (Å²) >= 11 is 0. The van der Waals surface area contributed by atoms with Gasteiger partial charge in [0.2, 0.25) is 5.91 Å². The first kappa shape index (κ1) is 16.3. The fraction of sp³-hybridized carbons (Fsp3) is 0.947. The third kappa shape index (κ3) is 4.71. The van der Waals surface area contributed by atoms with Crippen LogP contribution >= 0.6 is 0 Å². The minimum Gasteiger partial charge on any atom is -0.343 e. The number of piperidine rings is 1. The summed E-state index contributed by atoms with van der Waals surface area (Å²) in [4.78, 5) is 14.7. The van der Waals surface area contributed by atoms with Gasteiger partial charge >= 0.3 is 0 Å². The molecule has 1 amide bonds. The van der Waals surface area contributed by atoms with Crippen molar-refractivity contribution in [1.82, 2.24) is 10.2 Å².